The van der Waals surface area contributed by atoms with Gasteiger partial charge in [0.15, 0.2) is 0 Å². The molecule has 0 bridgehead atoms. The van der Waals surface area contributed by atoms with E-state index in [-0.39, 0.29) is 11.3 Å². The van der Waals surface area contributed by atoms with Crippen LogP contribution in [0.5, 0.6) is 0 Å². The van der Waals surface area contributed by atoms with Gasteiger partial charge in [-0.1, -0.05) is 45.0 Å². The van der Waals surface area contributed by atoms with Crippen molar-refractivity contribution in [3.8, 4) is 0 Å². The van der Waals surface area contributed by atoms with Crippen LogP contribution in [0.4, 0.5) is 0 Å². The van der Waals surface area contributed by atoms with Crippen LogP contribution in [0.3, 0.4) is 0 Å². The minimum Gasteiger partial charge on any atom is -0.348 e. The van der Waals surface area contributed by atoms with Crippen molar-refractivity contribution in [3.05, 3.63) is 58.9 Å². The molecule has 0 spiro atoms. The summed E-state index contributed by atoms with van der Waals surface area (Å²) in [5.41, 5.74) is 4.41. The quantitative estimate of drug-likeness (QED) is 0.880. The Kier molecular flexibility index (Phi) is 5.04. The monoisotopic (exact) mass is 311 g/mol. The Morgan fingerprint density at radius 2 is 1.91 bits per heavy atom. The molecule has 0 atom stereocenters. The van der Waals surface area contributed by atoms with Crippen molar-refractivity contribution >= 4 is 12.0 Å². The summed E-state index contributed by atoms with van der Waals surface area (Å²) in [5.74, 6) is -0.104. The van der Waals surface area contributed by atoms with Gasteiger partial charge in [0.05, 0.1) is 5.69 Å². The fourth-order valence-electron chi connectivity index (χ4n) is 2.33. The molecule has 0 aliphatic rings. The first-order valence-electron chi connectivity index (χ1n) is 7.81. The van der Waals surface area contributed by atoms with Gasteiger partial charge in [0.25, 0.3) is 0 Å². The zero-order valence-corrected chi connectivity index (χ0v) is 14.6. The second-order valence-electron chi connectivity index (χ2n) is 6.84. The SMILES string of the molecule is Cc1nn(C)cc1CNC(=O)/C=C\c1ccc(C(C)(C)C)cc1. The van der Waals surface area contributed by atoms with Gasteiger partial charge in [-0.05, 0) is 29.5 Å². The number of carbonyl (C=O) groups excluding carboxylic acids is 1. The fraction of sp³-hybridized carbons (Fsp3) is 0.368. The first-order chi connectivity index (χ1) is 10.8. The highest BCUT2D eigenvalue weighted by Gasteiger charge is 2.12. The molecule has 1 aromatic heterocycles. The second-order valence-corrected chi connectivity index (χ2v) is 6.84. The molecule has 0 aliphatic carbocycles. The van der Waals surface area contributed by atoms with Gasteiger partial charge < -0.3 is 5.32 Å². The Hall–Kier alpha value is -2.36. The van der Waals surface area contributed by atoms with Crippen LogP contribution in [-0.4, -0.2) is 15.7 Å². The molecular weight excluding hydrogens is 286 g/mol. The lowest BCUT2D eigenvalue weighted by Crippen LogP contribution is -2.20. The number of hydrogen-bond donors (Lipinski definition) is 1. The number of hydrogen-bond acceptors (Lipinski definition) is 2. The molecule has 4 heteroatoms. The Labute approximate surface area is 138 Å². The second kappa shape index (κ2) is 6.82. The number of rotatable bonds is 4. The van der Waals surface area contributed by atoms with Crippen LogP contribution >= 0.6 is 0 Å². The maximum atomic E-state index is 11.9. The summed E-state index contributed by atoms with van der Waals surface area (Å²) in [6.07, 6.45) is 5.32. The topological polar surface area (TPSA) is 46.9 Å². The molecule has 0 radical (unpaired) electrons. The lowest BCUT2D eigenvalue weighted by molar-refractivity contribution is -0.116. The fourth-order valence-corrected chi connectivity index (χ4v) is 2.33. The molecule has 0 aliphatic heterocycles. The van der Waals surface area contributed by atoms with Gasteiger partial charge in [-0.25, -0.2) is 0 Å². The molecular formula is C19H25N3O. The largest absolute Gasteiger partial charge is 0.348 e. The van der Waals surface area contributed by atoms with Gasteiger partial charge in [0, 0.05) is 31.4 Å². The van der Waals surface area contributed by atoms with Crippen molar-refractivity contribution in [1.29, 1.82) is 0 Å². The maximum absolute atomic E-state index is 11.9. The van der Waals surface area contributed by atoms with Crippen LogP contribution in [0.15, 0.2) is 36.5 Å². The number of aryl methyl sites for hydroxylation is 2. The van der Waals surface area contributed by atoms with E-state index in [0.717, 1.165) is 16.8 Å². The highest BCUT2D eigenvalue weighted by Crippen LogP contribution is 2.22. The van der Waals surface area contributed by atoms with Gasteiger partial charge in [-0.15, -0.1) is 0 Å². The van der Waals surface area contributed by atoms with E-state index in [2.05, 4.69) is 43.3 Å². The molecule has 1 N–H and O–H groups in total. The third-order valence-electron chi connectivity index (χ3n) is 3.77. The van der Waals surface area contributed by atoms with Gasteiger partial charge in [0.2, 0.25) is 5.91 Å². The Bertz CT molecular complexity index is 703. The predicted octanol–water partition coefficient (Wildman–Crippen LogP) is 3.36. The summed E-state index contributed by atoms with van der Waals surface area (Å²) in [7, 11) is 1.87. The molecule has 23 heavy (non-hydrogen) atoms. The van der Waals surface area contributed by atoms with Gasteiger partial charge >= 0.3 is 0 Å². The van der Waals surface area contributed by atoms with Gasteiger partial charge in [-0.2, -0.15) is 5.10 Å². The molecule has 1 amide bonds. The number of benzene rings is 1. The molecule has 0 saturated carbocycles. The Balaban J connectivity index is 1.92. The zero-order chi connectivity index (χ0) is 17.0. The van der Waals surface area contributed by atoms with Crippen molar-refractivity contribution in [2.24, 2.45) is 7.05 Å². The Morgan fingerprint density at radius 3 is 2.43 bits per heavy atom. The predicted molar refractivity (Wildman–Crippen MR) is 94.0 cm³/mol. The number of nitrogens with zero attached hydrogens (tertiary/aromatic N) is 2. The lowest BCUT2D eigenvalue weighted by Gasteiger charge is -2.18. The molecule has 2 aromatic rings. The number of aromatic nitrogens is 2. The summed E-state index contributed by atoms with van der Waals surface area (Å²) in [6.45, 7) is 8.99. The maximum Gasteiger partial charge on any atom is 0.244 e. The third kappa shape index (κ3) is 4.81. The molecule has 2 rings (SSSR count). The molecule has 1 aromatic carbocycles. The average Bonchev–Trinajstić information content (AvgIpc) is 2.80. The van der Waals surface area contributed by atoms with Crippen LogP contribution in [0.2, 0.25) is 0 Å². The normalized spacial score (nSPS) is 11.9. The highest BCUT2D eigenvalue weighted by molar-refractivity contribution is 5.91. The van der Waals surface area contributed by atoms with E-state index in [0.29, 0.717) is 6.54 Å². The highest BCUT2D eigenvalue weighted by atomic mass is 16.1. The minimum absolute atomic E-state index is 0.104. The van der Waals surface area contributed by atoms with Crippen LogP contribution in [-0.2, 0) is 23.8 Å². The standard InChI is InChI=1S/C19H25N3O/c1-14-16(13-22(5)21-14)12-20-18(23)11-8-15-6-9-17(10-7-15)19(2,3)4/h6-11,13H,12H2,1-5H3,(H,20,23)/b11-8-. The van der Waals surface area contributed by atoms with Crippen LogP contribution in [0.1, 0.15) is 43.2 Å². The molecule has 4 nitrogen and oxygen atoms in total. The van der Waals surface area contributed by atoms with Crippen LogP contribution < -0.4 is 5.32 Å². The molecule has 0 unspecified atom stereocenters. The van der Waals surface area contributed by atoms with E-state index in [9.17, 15) is 4.79 Å². The van der Waals surface area contributed by atoms with Crippen LogP contribution in [0.25, 0.3) is 6.08 Å². The zero-order valence-electron chi connectivity index (χ0n) is 14.6. The van der Waals surface area contributed by atoms with Gasteiger partial charge in [0.1, 0.15) is 0 Å². The number of amides is 1. The van der Waals surface area contributed by atoms with E-state index in [1.54, 1.807) is 10.8 Å². The number of nitrogens with one attached hydrogen (secondary N) is 1. The summed E-state index contributed by atoms with van der Waals surface area (Å²) in [5, 5.41) is 7.14. The van der Waals surface area contributed by atoms with E-state index in [4.69, 9.17) is 0 Å². The smallest absolute Gasteiger partial charge is 0.244 e. The molecule has 122 valence electrons. The average molecular weight is 311 g/mol. The van der Waals surface area contributed by atoms with Gasteiger partial charge in [-0.3, -0.25) is 9.48 Å². The van der Waals surface area contributed by atoms with Crippen LogP contribution in [0, 0.1) is 6.92 Å². The first-order valence-corrected chi connectivity index (χ1v) is 7.81. The first kappa shape index (κ1) is 17.0. The van der Waals surface area contributed by atoms with Crippen molar-refractivity contribution in [2.75, 3.05) is 0 Å². The van der Waals surface area contributed by atoms with Crippen molar-refractivity contribution in [2.45, 2.75) is 39.7 Å². The third-order valence-corrected chi connectivity index (χ3v) is 3.77. The lowest BCUT2D eigenvalue weighted by atomic mass is 9.87. The van der Waals surface area contributed by atoms with Crippen molar-refractivity contribution < 1.29 is 4.79 Å². The van der Waals surface area contributed by atoms with E-state index >= 15 is 0 Å². The molecule has 1 heterocycles. The summed E-state index contributed by atoms with van der Waals surface area (Å²) < 4.78 is 1.75. The van der Waals surface area contributed by atoms with E-state index < -0.39 is 0 Å². The minimum atomic E-state index is -0.104. The Morgan fingerprint density at radius 1 is 1.26 bits per heavy atom. The van der Waals surface area contributed by atoms with Crippen molar-refractivity contribution in [1.82, 2.24) is 15.1 Å². The van der Waals surface area contributed by atoms with E-state index in [1.165, 1.54) is 5.56 Å². The summed E-state index contributed by atoms with van der Waals surface area (Å²) in [4.78, 5) is 11.9. The van der Waals surface area contributed by atoms with Crippen molar-refractivity contribution in [3.63, 3.8) is 0 Å². The molecule has 0 fully saturated rings. The molecule has 0 saturated heterocycles. The summed E-state index contributed by atoms with van der Waals surface area (Å²) >= 11 is 0. The number of carbonyl (C=O) groups is 1. The summed E-state index contributed by atoms with van der Waals surface area (Å²) in [6, 6.07) is 8.29. The van der Waals surface area contributed by atoms with E-state index in [1.807, 2.05) is 38.4 Å².